The summed E-state index contributed by atoms with van der Waals surface area (Å²) in [5.41, 5.74) is 6.81. The van der Waals surface area contributed by atoms with Crippen LogP contribution >= 0.6 is 0 Å². The molecule has 1 amide bonds. The molecule has 5 nitrogen and oxygen atoms in total. The Hall–Kier alpha value is -1.59. The fourth-order valence-corrected chi connectivity index (χ4v) is 2.70. The Morgan fingerprint density at radius 2 is 1.95 bits per heavy atom. The molecule has 0 bridgehead atoms. The molecule has 3 N–H and O–H groups in total. The molecule has 0 spiro atoms. The summed E-state index contributed by atoms with van der Waals surface area (Å²) >= 11 is 0. The van der Waals surface area contributed by atoms with E-state index >= 15 is 0 Å². The van der Waals surface area contributed by atoms with Crippen molar-refractivity contribution in [3.63, 3.8) is 0 Å². The summed E-state index contributed by atoms with van der Waals surface area (Å²) < 4.78 is 5.20. The number of likely N-dealkylation sites (tertiary alicyclic amines) is 1. The number of nitrogens with zero attached hydrogens (tertiary/aromatic N) is 1. The molecule has 21 heavy (non-hydrogen) atoms. The predicted octanol–water partition coefficient (Wildman–Crippen LogP) is 1.30. The van der Waals surface area contributed by atoms with Crippen molar-refractivity contribution >= 4 is 5.91 Å². The Labute approximate surface area is 126 Å². The molecule has 2 rings (SSSR count). The smallest absolute Gasteiger partial charge is 0.236 e. The number of ether oxygens (including phenoxy) is 1. The molecule has 1 saturated heterocycles. The van der Waals surface area contributed by atoms with E-state index in [9.17, 15) is 4.79 Å². The van der Waals surface area contributed by atoms with Gasteiger partial charge in [0.05, 0.1) is 19.2 Å². The van der Waals surface area contributed by atoms with Crippen molar-refractivity contribution in [3.8, 4) is 5.75 Å². The lowest BCUT2D eigenvalue weighted by Gasteiger charge is -2.28. The number of carbonyl (C=O) groups excluding carboxylic acids is 1. The van der Waals surface area contributed by atoms with E-state index in [-0.39, 0.29) is 11.9 Å². The van der Waals surface area contributed by atoms with Crippen LogP contribution < -0.4 is 15.8 Å². The maximum Gasteiger partial charge on any atom is 0.236 e. The van der Waals surface area contributed by atoms with Crippen LogP contribution in [0.15, 0.2) is 24.3 Å². The van der Waals surface area contributed by atoms with Gasteiger partial charge in [0.15, 0.2) is 0 Å². The van der Waals surface area contributed by atoms with Crippen molar-refractivity contribution in [1.82, 2.24) is 10.2 Å². The van der Waals surface area contributed by atoms with Crippen LogP contribution in [0.1, 0.15) is 31.4 Å². The van der Waals surface area contributed by atoms with E-state index in [0.717, 1.165) is 18.8 Å². The van der Waals surface area contributed by atoms with Gasteiger partial charge in [-0.25, -0.2) is 0 Å². The van der Waals surface area contributed by atoms with Crippen LogP contribution in [0.25, 0.3) is 0 Å². The third-order valence-corrected chi connectivity index (χ3v) is 3.97. The quantitative estimate of drug-likeness (QED) is 0.829. The summed E-state index contributed by atoms with van der Waals surface area (Å²) in [4.78, 5) is 14.1. The Morgan fingerprint density at radius 3 is 2.48 bits per heavy atom. The standard InChI is InChI=1S/C16H25N3O2/c1-12(17)16(20)18-11-15(19-9-3-4-10-19)13-5-7-14(21-2)8-6-13/h5-8,12,15H,3-4,9-11,17H2,1-2H3,(H,18,20). The van der Waals surface area contributed by atoms with Crippen LogP contribution in [0.4, 0.5) is 0 Å². The minimum Gasteiger partial charge on any atom is -0.497 e. The first-order chi connectivity index (χ1) is 10.1. The molecule has 0 aliphatic carbocycles. The topological polar surface area (TPSA) is 67.6 Å². The first-order valence-electron chi connectivity index (χ1n) is 7.53. The summed E-state index contributed by atoms with van der Waals surface area (Å²) in [5.74, 6) is 0.742. The molecular formula is C16H25N3O2. The number of methoxy groups -OCH3 is 1. The van der Waals surface area contributed by atoms with Gasteiger partial charge < -0.3 is 15.8 Å². The highest BCUT2D eigenvalue weighted by molar-refractivity contribution is 5.80. The molecule has 1 aromatic rings. The van der Waals surface area contributed by atoms with Crippen LogP contribution in [0.5, 0.6) is 5.75 Å². The summed E-state index contributed by atoms with van der Waals surface area (Å²) in [5, 5.41) is 2.95. The van der Waals surface area contributed by atoms with Crippen molar-refractivity contribution in [3.05, 3.63) is 29.8 Å². The molecule has 1 heterocycles. The predicted molar refractivity (Wildman–Crippen MR) is 83.2 cm³/mol. The Balaban J connectivity index is 2.08. The van der Waals surface area contributed by atoms with Crippen molar-refractivity contribution in [2.24, 2.45) is 5.73 Å². The molecule has 116 valence electrons. The highest BCUT2D eigenvalue weighted by Crippen LogP contribution is 2.26. The fraction of sp³-hybridized carbons (Fsp3) is 0.562. The van der Waals surface area contributed by atoms with Gasteiger partial charge in [0.2, 0.25) is 5.91 Å². The van der Waals surface area contributed by atoms with E-state index in [0.29, 0.717) is 6.54 Å². The fourth-order valence-electron chi connectivity index (χ4n) is 2.70. The third-order valence-electron chi connectivity index (χ3n) is 3.97. The lowest BCUT2D eigenvalue weighted by atomic mass is 10.0. The van der Waals surface area contributed by atoms with Gasteiger partial charge >= 0.3 is 0 Å². The number of nitrogens with two attached hydrogens (primary N) is 1. The zero-order chi connectivity index (χ0) is 15.2. The number of benzene rings is 1. The zero-order valence-corrected chi connectivity index (χ0v) is 12.8. The van der Waals surface area contributed by atoms with Crippen LogP contribution in [0.3, 0.4) is 0 Å². The van der Waals surface area contributed by atoms with Gasteiger partial charge in [-0.3, -0.25) is 9.69 Å². The van der Waals surface area contributed by atoms with Crippen LogP contribution in [-0.4, -0.2) is 43.6 Å². The first-order valence-corrected chi connectivity index (χ1v) is 7.53. The summed E-state index contributed by atoms with van der Waals surface area (Å²) in [6, 6.07) is 7.79. The molecule has 5 heteroatoms. The largest absolute Gasteiger partial charge is 0.497 e. The van der Waals surface area contributed by atoms with E-state index in [1.165, 1.54) is 18.4 Å². The zero-order valence-electron chi connectivity index (χ0n) is 12.8. The van der Waals surface area contributed by atoms with Crippen molar-refractivity contribution in [2.45, 2.75) is 31.8 Å². The van der Waals surface area contributed by atoms with Gasteiger partial charge in [0.1, 0.15) is 5.75 Å². The van der Waals surface area contributed by atoms with E-state index in [1.807, 2.05) is 12.1 Å². The van der Waals surface area contributed by atoms with Crippen LogP contribution in [0.2, 0.25) is 0 Å². The second kappa shape index (κ2) is 7.43. The molecule has 2 unspecified atom stereocenters. The molecule has 0 saturated carbocycles. The summed E-state index contributed by atoms with van der Waals surface area (Å²) in [6.07, 6.45) is 2.43. The second-order valence-electron chi connectivity index (χ2n) is 5.57. The maximum atomic E-state index is 11.7. The van der Waals surface area contributed by atoms with E-state index in [4.69, 9.17) is 10.5 Å². The molecule has 1 aliphatic rings. The molecule has 0 aromatic heterocycles. The van der Waals surface area contributed by atoms with Crippen LogP contribution in [0, 0.1) is 0 Å². The van der Waals surface area contributed by atoms with Crippen molar-refractivity contribution in [2.75, 3.05) is 26.7 Å². The Morgan fingerprint density at radius 1 is 1.33 bits per heavy atom. The number of nitrogens with one attached hydrogen (secondary N) is 1. The van der Waals surface area contributed by atoms with Gasteiger partial charge in [0.25, 0.3) is 0 Å². The van der Waals surface area contributed by atoms with Gasteiger partial charge in [-0.05, 0) is 50.6 Å². The van der Waals surface area contributed by atoms with Gasteiger partial charge in [-0.15, -0.1) is 0 Å². The molecule has 1 fully saturated rings. The summed E-state index contributed by atoms with van der Waals surface area (Å²) in [6.45, 7) is 4.44. The highest BCUT2D eigenvalue weighted by Gasteiger charge is 2.24. The third kappa shape index (κ3) is 4.19. The SMILES string of the molecule is COc1ccc(C(CNC(=O)C(C)N)N2CCCC2)cc1. The Kier molecular flexibility index (Phi) is 5.59. The lowest BCUT2D eigenvalue weighted by Crippen LogP contribution is -2.43. The van der Waals surface area contributed by atoms with Crippen molar-refractivity contribution in [1.29, 1.82) is 0 Å². The molecule has 1 aliphatic heterocycles. The second-order valence-corrected chi connectivity index (χ2v) is 5.57. The molecule has 2 atom stereocenters. The first kappa shape index (κ1) is 15.8. The normalized spacial score (nSPS) is 18.2. The van der Waals surface area contributed by atoms with Crippen molar-refractivity contribution < 1.29 is 9.53 Å². The molecular weight excluding hydrogens is 266 g/mol. The molecule has 0 radical (unpaired) electrons. The minimum absolute atomic E-state index is 0.104. The van der Waals surface area contributed by atoms with E-state index in [1.54, 1.807) is 14.0 Å². The number of hydrogen-bond donors (Lipinski definition) is 2. The van der Waals surface area contributed by atoms with Gasteiger partial charge in [-0.1, -0.05) is 12.1 Å². The number of rotatable bonds is 6. The van der Waals surface area contributed by atoms with E-state index < -0.39 is 6.04 Å². The maximum absolute atomic E-state index is 11.7. The Bertz CT molecular complexity index is 453. The average molecular weight is 291 g/mol. The number of amides is 1. The number of hydrogen-bond acceptors (Lipinski definition) is 4. The molecule has 1 aromatic carbocycles. The monoisotopic (exact) mass is 291 g/mol. The van der Waals surface area contributed by atoms with Crippen LogP contribution in [-0.2, 0) is 4.79 Å². The highest BCUT2D eigenvalue weighted by atomic mass is 16.5. The summed E-state index contributed by atoms with van der Waals surface area (Å²) in [7, 11) is 1.66. The minimum atomic E-state index is -0.472. The average Bonchev–Trinajstić information content (AvgIpc) is 3.02. The van der Waals surface area contributed by atoms with Gasteiger partial charge in [-0.2, -0.15) is 0 Å². The lowest BCUT2D eigenvalue weighted by molar-refractivity contribution is -0.122. The number of carbonyl (C=O) groups is 1. The van der Waals surface area contributed by atoms with E-state index in [2.05, 4.69) is 22.3 Å². The van der Waals surface area contributed by atoms with Gasteiger partial charge in [0, 0.05) is 6.54 Å².